The highest BCUT2D eigenvalue weighted by atomic mass is 32.2. The van der Waals surface area contributed by atoms with Gasteiger partial charge in [-0.2, -0.15) is 0 Å². The fraction of sp³-hybridized carbons (Fsp3) is 0.364. The lowest BCUT2D eigenvalue weighted by molar-refractivity contribution is 0.111. The van der Waals surface area contributed by atoms with Gasteiger partial charge >= 0.3 is 0 Å². The van der Waals surface area contributed by atoms with E-state index >= 15 is 0 Å². The molecule has 0 aromatic heterocycles. The molecule has 1 aliphatic heterocycles. The van der Waals surface area contributed by atoms with Crippen LogP contribution in [0.2, 0.25) is 0 Å². The van der Waals surface area contributed by atoms with Crippen molar-refractivity contribution in [2.45, 2.75) is 12.1 Å². The summed E-state index contributed by atoms with van der Waals surface area (Å²) in [6.07, 6.45) is 0.488. The predicted molar refractivity (Wildman–Crippen MR) is 57.9 cm³/mol. The van der Waals surface area contributed by atoms with Gasteiger partial charge in [0.2, 0.25) is 0 Å². The number of carbonyl (C=O) groups is 1. The van der Waals surface area contributed by atoms with Gasteiger partial charge in [-0.3, -0.25) is 4.79 Å². The molecule has 1 saturated heterocycles. The highest BCUT2D eigenvalue weighted by Gasteiger charge is 2.45. The average Bonchev–Trinajstić information content (AvgIpc) is 2.54. The Balaban J connectivity index is 2.49. The quantitative estimate of drug-likeness (QED) is 0.738. The fourth-order valence-corrected chi connectivity index (χ4v) is 3.81. The maximum Gasteiger partial charge on any atom is 0.153 e. The first-order chi connectivity index (χ1) is 7.47. The second-order valence-corrected chi connectivity index (χ2v) is 6.20. The van der Waals surface area contributed by atoms with Gasteiger partial charge in [-0.25, -0.2) is 12.8 Å². The topological polar surface area (TPSA) is 51.2 Å². The van der Waals surface area contributed by atoms with Crippen LogP contribution < -0.4 is 0 Å². The summed E-state index contributed by atoms with van der Waals surface area (Å²) in [5.41, 5.74) is -1.50. The third kappa shape index (κ3) is 1.87. The van der Waals surface area contributed by atoms with Crippen molar-refractivity contribution in [3.05, 3.63) is 35.4 Å². The summed E-state index contributed by atoms with van der Waals surface area (Å²) in [6, 6.07) is 6.20. The zero-order valence-electron chi connectivity index (χ0n) is 8.52. The summed E-state index contributed by atoms with van der Waals surface area (Å²) >= 11 is 0. The number of aldehydes is 1. The summed E-state index contributed by atoms with van der Waals surface area (Å²) in [5.74, 6) is -0.679. The maximum atomic E-state index is 14.4. The number of sulfone groups is 1. The number of alkyl halides is 1. The number of hydrogen-bond acceptors (Lipinski definition) is 3. The molecule has 0 aliphatic carbocycles. The molecule has 1 unspecified atom stereocenters. The third-order valence-corrected chi connectivity index (χ3v) is 4.55. The molecule has 0 N–H and O–H groups in total. The number of rotatable bonds is 2. The Morgan fingerprint density at radius 1 is 1.31 bits per heavy atom. The molecular formula is C11H11FO3S. The second kappa shape index (κ2) is 3.66. The summed E-state index contributed by atoms with van der Waals surface area (Å²) in [5, 5.41) is 0. The molecule has 0 bridgehead atoms. The summed E-state index contributed by atoms with van der Waals surface area (Å²) in [4.78, 5) is 10.8. The molecule has 1 fully saturated rings. The van der Waals surface area contributed by atoms with Crippen molar-refractivity contribution in [2.24, 2.45) is 0 Å². The zero-order chi connectivity index (χ0) is 11.8. The van der Waals surface area contributed by atoms with Gasteiger partial charge in [-0.05, 0) is 0 Å². The molecule has 3 nitrogen and oxygen atoms in total. The SMILES string of the molecule is O=Cc1ccccc1C1(F)CCS(=O)(=O)C1. The van der Waals surface area contributed by atoms with E-state index in [-0.39, 0.29) is 23.3 Å². The van der Waals surface area contributed by atoms with Crippen molar-refractivity contribution in [3.63, 3.8) is 0 Å². The van der Waals surface area contributed by atoms with Crippen LogP contribution in [0.5, 0.6) is 0 Å². The zero-order valence-corrected chi connectivity index (χ0v) is 9.34. The van der Waals surface area contributed by atoms with E-state index in [1.54, 1.807) is 12.1 Å². The molecule has 86 valence electrons. The summed E-state index contributed by atoms with van der Waals surface area (Å²) in [6.45, 7) is 0. The number of hydrogen-bond donors (Lipinski definition) is 0. The highest BCUT2D eigenvalue weighted by Crippen LogP contribution is 2.38. The van der Waals surface area contributed by atoms with E-state index in [1.807, 2.05) is 0 Å². The highest BCUT2D eigenvalue weighted by molar-refractivity contribution is 7.91. The normalized spacial score (nSPS) is 27.8. The van der Waals surface area contributed by atoms with Crippen molar-refractivity contribution in [1.82, 2.24) is 0 Å². The standard InChI is InChI=1S/C11H11FO3S/c12-11(5-6-16(14,15)8-11)10-4-2-1-3-9(10)7-13/h1-4,7H,5-6,8H2. The smallest absolute Gasteiger partial charge is 0.153 e. The van der Waals surface area contributed by atoms with E-state index < -0.39 is 21.3 Å². The first-order valence-corrected chi connectivity index (χ1v) is 6.73. The van der Waals surface area contributed by atoms with Gasteiger partial charge in [-0.15, -0.1) is 0 Å². The molecule has 0 saturated carbocycles. The molecule has 1 aromatic rings. The van der Waals surface area contributed by atoms with E-state index in [9.17, 15) is 17.6 Å². The number of halogens is 1. The van der Waals surface area contributed by atoms with Gasteiger partial charge in [0.1, 0.15) is 6.29 Å². The summed E-state index contributed by atoms with van der Waals surface area (Å²) in [7, 11) is -3.32. The molecule has 1 aliphatic rings. The Morgan fingerprint density at radius 3 is 2.56 bits per heavy atom. The van der Waals surface area contributed by atoms with E-state index in [1.165, 1.54) is 12.1 Å². The molecule has 1 heterocycles. The van der Waals surface area contributed by atoms with Gasteiger partial charge in [0.25, 0.3) is 0 Å². The van der Waals surface area contributed by atoms with Crippen molar-refractivity contribution in [3.8, 4) is 0 Å². The van der Waals surface area contributed by atoms with Gasteiger partial charge < -0.3 is 0 Å². The second-order valence-electron chi connectivity index (χ2n) is 4.01. The van der Waals surface area contributed by atoms with Crippen LogP contribution in [0.4, 0.5) is 4.39 Å². The molecule has 1 atom stereocenters. The van der Waals surface area contributed by atoms with Crippen LogP contribution in [0.15, 0.2) is 24.3 Å². The van der Waals surface area contributed by atoms with Crippen LogP contribution in [0.25, 0.3) is 0 Å². The monoisotopic (exact) mass is 242 g/mol. The number of benzene rings is 1. The van der Waals surface area contributed by atoms with E-state index in [4.69, 9.17) is 0 Å². The van der Waals surface area contributed by atoms with Crippen LogP contribution in [-0.4, -0.2) is 26.2 Å². The first-order valence-electron chi connectivity index (χ1n) is 4.91. The minimum Gasteiger partial charge on any atom is -0.298 e. The molecule has 0 radical (unpaired) electrons. The Bertz CT molecular complexity index is 524. The van der Waals surface area contributed by atoms with Crippen molar-refractivity contribution >= 4 is 16.1 Å². The molecule has 0 spiro atoms. The molecular weight excluding hydrogens is 231 g/mol. The minimum absolute atomic E-state index is 0.0693. The third-order valence-electron chi connectivity index (χ3n) is 2.83. The van der Waals surface area contributed by atoms with Gasteiger partial charge in [0, 0.05) is 17.5 Å². The number of carbonyl (C=O) groups excluding carboxylic acids is 1. The first kappa shape index (κ1) is 11.3. The van der Waals surface area contributed by atoms with Crippen molar-refractivity contribution in [1.29, 1.82) is 0 Å². The Hall–Kier alpha value is -1.23. The van der Waals surface area contributed by atoms with Crippen LogP contribution in [0.1, 0.15) is 22.3 Å². The fourth-order valence-electron chi connectivity index (χ4n) is 2.03. The maximum absolute atomic E-state index is 14.4. The molecule has 0 amide bonds. The van der Waals surface area contributed by atoms with Crippen LogP contribution in [-0.2, 0) is 15.5 Å². The van der Waals surface area contributed by atoms with Crippen LogP contribution >= 0.6 is 0 Å². The Morgan fingerprint density at radius 2 is 2.00 bits per heavy atom. The van der Waals surface area contributed by atoms with E-state index in [0.29, 0.717) is 6.29 Å². The predicted octanol–water partition coefficient (Wildman–Crippen LogP) is 1.48. The van der Waals surface area contributed by atoms with Crippen LogP contribution in [0, 0.1) is 0 Å². The minimum atomic E-state index is -3.32. The van der Waals surface area contributed by atoms with Gasteiger partial charge in [0.05, 0.1) is 11.5 Å². The van der Waals surface area contributed by atoms with E-state index in [2.05, 4.69) is 0 Å². The lowest BCUT2D eigenvalue weighted by atomic mass is 9.91. The Labute approximate surface area is 93.2 Å². The molecule has 2 rings (SSSR count). The molecule has 5 heteroatoms. The van der Waals surface area contributed by atoms with Crippen molar-refractivity contribution in [2.75, 3.05) is 11.5 Å². The largest absolute Gasteiger partial charge is 0.298 e. The van der Waals surface area contributed by atoms with Gasteiger partial charge in [-0.1, -0.05) is 24.3 Å². The lowest BCUT2D eigenvalue weighted by Crippen LogP contribution is -2.23. The summed E-state index contributed by atoms with van der Waals surface area (Å²) < 4.78 is 37.0. The van der Waals surface area contributed by atoms with Gasteiger partial charge in [0.15, 0.2) is 15.5 Å². The van der Waals surface area contributed by atoms with E-state index in [0.717, 1.165) is 0 Å². The Kier molecular flexibility index (Phi) is 2.58. The molecule has 1 aromatic carbocycles. The van der Waals surface area contributed by atoms with Crippen LogP contribution in [0.3, 0.4) is 0 Å². The van der Waals surface area contributed by atoms with Crippen molar-refractivity contribution < 1.29 is 17.6 Å². The molecule has 16 heavy (non-hydrogen) atoms. The average molecular weight is 242 g/mol. The lowest BCUT2D eigenvalue weighted by Gasteiger charge is -2.19.